The zero-order chi connectivity index (χ0) is 9.47. The molecule has 0 saturated heterocycles. The van der Waals surface area contributed by atoms with E-state index in [-0.39, 0.29) is 23.8 Å². The van der Waals surface area contributed by atoms with Crippen LogP contribution in [0.5, 0.6) is 5.75 Å². The highest BCUT2D eigenvalue weighted by molar-refractivity contribution is 5.85. The first-order valence-corrected chi connectivity index (χ1v) is 4.29. The Kier molecular flexibility index (Phi) is 3.02. The summed E-state index contributed by atoms with van der Waals surface area (Å²) in [6.45, 7) is 0. The third-order valence-electron chi connectivity index (χ3n) is 2.49. The van der Waals surface area contributed by atoms with Gasteiger partial charge in [-0.25, -0.2) is 4.39 Å². The summed E-state index contributed by atoms with van der Waals surface area (Å²) in [4.78, 5) is 0. The number of hydrogen-bond donors (Lipinski definition) is 1. The number of methoxy groups -OCH3 is 1. The molecule has 1 aromatic carbocycles. The molecule has 0 aliphatic heterocycles. The summed E-state index contributed by atoms with van der Waals surface area (Å²) in [5, 5.41) is 0. The molecule has 2 rings (SSSR count). The third kappa shape index (κ3) is 1.83. The van der Waals surface area contributed by atoms with Gasteiger partial charge in [-0.05, 0) is 31.0 Å². The van der Waals surface area contributed by atoms with Crippen molar-refractivity contribution in [2.45, 2.75) is 18.4 Å². The molecule has 1 aliphatic rings. The van der Waals surface area contributed by atoms with Gasteiger partial charge in [0.05, 0.1) is 7.11 Å². The Labute approximate surface area is 88.7 Å². The smallest absolute Gasteiger partial charge is 0.124 e. The summed E-state index contributed by atoms with van der Waals surface area (Å²) in [5.41, 5.74) is 6.41. The first kappa shape index (κ1) is 11.3. The average Bonchev–Trinajstić information content (AvgIpc) is 2.85. The van der Waals surface area contributed by atoms with E-state index < -0.39 is 0 Å². The number of benzene rings is 1. The lowest BCUT2D eigenvalue weighted by Crippen LogP contribution is -2.19. The second-order valence-electron chi connectivity index (χ2n) is 3.50. The molecular formula is C10H13ClFNO. The molecule has 0 atom stereocenters. The van der Waals surface area contributed by atoms with E-state index in [0.717, 1.165) is 18.4 Å². The summed E-state index contributed by atoms with van der Waals surface area (Å²) in [6, 6.07) is 4.47. The predicted octanol–water partition coefficient (Wildman–Crippen LogP) is 2.20. The van der Waals surface area contributed by atoms with Crippen LogP contribution < -0.4 is 10.5 Å². The normalized spacial score (nSPS) is 17.1. The molecule has 0 radical (unpaired) electrons. The Morgan fingerprint density at radius 3 is 2.57 bits per heavy atom. The molecule has 0 amide bonds. The number of hydrogen-bond acceptors (Lipinski definition) is 2. The van der Waals surface area contributed by atoms with Gasteiger partial charge in [-0.1, -0.05) is 0 Å². The molecule has 14 heavy (non-hydrogen) atoms. The molecule has 0 aromatic heterocycles. The minimum absolute atomic E-state index is 0. The van der Waals surface area contributed by atoms with Crippen LogP contribution in [-0.4, -0.2) is 7.11 Å². The molecular weight excluding hydrogens is 205 g/mol. The topological polar surface area (TPSA) is 35.2 Å². The van der Waals surface area contributed by atoms with E-state index in [4.69, 9.17) is 10.5 Å². The van der Waals surface area contributed by atoms with Crippen molar-refractivity contribution in [3.8, 4) is 5.75 Å². The molecule has 1 fully saturated rings. The van der Waals surface area contributed by atoms with E-state index >= 15 is 0 Å². The van der Waals surface area contributed by atoms with E-state index in [1.54, 1.807) is 13.2 Å². The zero-order valence-electron chi connectivity index (χ0n) is 7.92. The number of nitrogens with two attached hydrogens (primary N) is 1. The van der Waals surface area contributed by atoms with Crippen molar-refractivity contribution >= 4 is 12.4 Å². The molecule has 0 bridgehead atoms. The lowest BCUT2D eigenvalue weighted by molar-refractivity contribution is 0.403. The maximum Gasteiger partial charge on any atom is 0.124 e. The van der Waals surface area contributed by atoms with Gasteiger partial charge in [0.1, 0.15) is 11.6 Å². The lowest BCUT2D eigenvalue weighted by Gasteiger charge is -2.13. The Bertz CT molecular complexity index is 339. The van der Waals surface area contributed by atoms with Gasteiger partial charge in [0.25, 0.3) is 0 Å². The molecule has 2 N–H and O–H groups in total. The Morgan fingerprint density at radius 1 is 1.43 bits per heavy atom. The molecule has 78 valence electrons. The number of rotatable bonds is 2. The monoisotopic (exact) mass is 217 g/mol. The second-order valence-corrected chi connectivity index (χ2v) is 3.50. The van der Waals surface area contributed by atoms with Crippen LogP contribution in [0.4, 0.5) is 4.39 Å². The van der Waals surface area contributed by atoms with Gasteiger partial charge in [0.15, 0.2) is 0 Å². The minimum atomic E-state index is -0.340. The molecule has 4 heteroatoms. The average molecular weight is 218 g/mol. The SMILES string of the molecule is COc1ccc(F)cc1C1(N)CC1.Cl. The lowest BCUT2D eigenvalue weighted by atomic mass is 10.0. The summed E-state index contributed by atoms with van der Waals surface area (Å²) < 4.78 is 18.1. The fraction of sp³-hybridized carbons (Fsp3) is 0.400. The van der Waals surface area contributed by atoms with E-state index in [9.17, 15) is 4.39 Å². The molecule has 2 nitrogen and oxygen atoms in total. The van der Waals surface area contributed by atoms with Crippen LogP contribution in [0.15, 0.2) is 18.2 Å². The Morgan fingerprint density at radius 2 is 2.07 bits per heavy atom. The van der Waals surface area contributed by atoms with Gasteiger partial charge in [0, 0.05) is 11.1 Å². The van der Waals surface area contributed by atoms with Gasteiger partial charge in [-0.15, -0.1) is 12.4 Å². The highest BCUT2D eigenvalue weighted by atomic mass is 35.5. The fourth-order valence-electron chi connectivity index (χ4n) is 1.47. The summed E-state index contributed by atoms with van der Waals surface area (Å²) >= 11 is 0. The van der Waals surface area contributed by atoms with Gasteiger partial charge >= 0.3 is 0 Å². The van der Waals surface area contributed by atoms with Crippen LogP contribution in [0.3, 0.4) is 0 Å². The van der Waals surface area contributed by atoms with Crippen LogP contribution in [0.25, 0.3) is 0 Å². The van der Waals surface area contributed by atoms with Gasteiger partial charge in [-0.2, -0.15) is 0 Å². The van der Waals surface area contributed by atoms with E-state index in [1.807, 2.05) is 0 Å². The van der Waals surface area contributed by atoms with Crippen molar-refractivity contribution < 1.29 is 9.13 Å². The van der Waals surface area contributed by atoms with Crippen molar-refractivity contribution in [2.24, 2.45) is 5.73 Å². The van der Waals surface area contributed by atoms with Crippen LogP contribution >= 0.6 is 12.4 Å². The fourth-order valence-corrected chi connectivity index (χ4v) is 1.47. The molecule has 1 aromatic rings. The van der Waals surface area contributed by atoms with E-state index in [0.29, 0.717) is 5.75 Å². The van der Waals surface area contributed by atoms with Crippen LogP contribution in [-0.2, 0) is 5.54 Å². The van der Waals surface area contributed by atoms with Crippen LogP contribution in [0.2, 0.25) is 0 Å². The second kappa shape index (κ2) is 3.75. The van der Waals surface area contributed by atoms with Crippen molar-refractivity contribution in [1.29, 1.82) is 0 Å². The molecule has 1 saturated carbocycles. The quantitative estimate of drug-likeness (QED) is 0.825. The van der Waals surface area contributed by atoms with Crippen molar-refractivity contribution in [3.63, 3.8) is 0 Å². The summed E-state index contributed by atoms with van der Waals surface area (Å²) in [7, 11) is 1.57. The summed E-state index contributed by atoms with van der Waals surface area (Å²) in [5.74, 6) is 0.425. The third-order valence-corrected chi connectivity index (χ3v) is 2.49. The van der Waals surface area contributed by atoms with Crippen molar-refractivity contribution in [3.05, 3.63) is 29.6 Å². The van der Waals surface area contributed by atoms with Crippen molar-refractivity contribution in [1.82, 2.24) is 0 Å². The van der Waals surface area contributed by atoms with E-state index in [1.165, 1.54) is 12.1 Å². The molecule has 1 aliphatic carbocycles. The highest BCUT2D eigenvalue weighted by Gasteiger charge is 2.42. The first-order valence-electron chi connectivity index (χ1n) is 4.29. The van der Waals surface area contributed by atoms with Gasteiger partial charge in [-0.3, -0.25) is 0 Å². The molecule has 0 unspecified atom stereocenters. The highest BCUT2D eigenvalue weighted by Crippen LogP contribution is 2.46. The first-order chi connectivity index (χ1) is 6.15. The number of ether oxygens (including phenoxy) is 1. The van der Waals surface area contributed by atoms with Gasteiger partial charge < -0.3 is 10.5 Å². The predicted molar refractivity (Wildman–Crippen MR) is 55.3 cm³/mol. The van der Waals surface area contributed by atoms with Crippen molar-refractivity contribution in [2.75, 3.05) is 7.11 Å². The maximum absolute atomic E-state index is 12.9. The maximum atomic E-state index is 12.9. The zero-order valence-corrected chi connectivity index (χ0v) is 8.73. The minimum Gasteiger partial charge on any atom is -0.496 e. The molecule has 0 spiro atoms. The number of halogens is 2. The Balaban J connectivity index is 0.000000980. The van der Waals surface area contributed by atoms with E-state index in [2.05, 4.69) is 0 Å². The largest absolute Gasteiger partial charge is 0.496 e. The summed E-state index contributed by atoms with van der Waals surface area (Å²) in [6.07, 6.45) is 1.82. The standard InChI is InChI=1S/C10H12FNO.ClH/c1-13-9-3-2-7(11)6-8(9)10(12)4-5-10;/h2-3,6H,4-5,12H2,1H3;1H. The Hall–Kier alpha value is -0.800. The van der Waals surface area contributed by atoms with Gasteiger partial charge in [0.2, 0.25) is 0 Å². The van der Waals surface area contributed by atoms with Crippen LogP contribution in [0.1, 0.15) is 18.4 Å². The molecule has 0 heterocycles. The van der Waals surface area contributed by atoms with Crippen LogP contribution in [0, 0.1) is 5.82 Å².